The highest BCUT2D eigenvalue weighted by molar-refractivity contribution is 6.05. The number of benzene rings is 15. The average molecular weight is 1830 g/mol. The van der Waals surface area contributed by atoms with Crippen molar-refractivity contribution in [3.8, 4) is 169 Å². The van der Waals surface area contributed by atoms with Crippen LogP contribution in [0, 0.1) is 69.2 Å². The van der Waals surface area contributed by atoms with Crippen molar-refractivity contribution in [3.63, 3.8) is 0 Å². The Morgan fingerprint density at radius 1 is 0.141 bits per heavy atom. The number of rotatable bonds is 15. The molecule has 0 spiro atoms. The first-order valence-electron chi connectivity index (χ1n) is 48.2. The Hall–Kier alpha value is -17.9. The number of hydrogen-bond donors (Lipinski definition) is 0. The Morgan fingerprint density at radius 2 is 0.451 bits per heavy atom. The lowest BCUT2D eigenvalue weighted by atomic mass is 9.90. The van der Waals surface area contributed by atoms with Crippen LogP contribution in [0.5, 0.6) is 0 Å². The van der Waals surface area contributed by atoms with Crippen molar-refractivity contribution in [2.75, 3.05) is 0 Å². The van der Waals surface area contributed by atoms with Gasteiger partial charge in [-0.2, -0.15) is 0 Å². The summed E-state index contributed by atoms with van der Waals surface area (Å²) in [4.78, 5) is 55.1. The van der Waals surface area contributed by atoms with Crippen LogP contribution in [0.3, 0.4) is 0 Å². The summed E-state index contributed by atoms with van der Waals surface area (Å²) < 4.78 is 0. The molecule has 11 heteroatoms. The van der Waals surface area contributed by atoms with Crippen molar-refractivity contribution in [1.82, 2.24) is 54.8 Å². The number of hydrogen-bond acceptors (Lipinski definition) is 11. The molecule has 0 saturated carbocycles. The molecule has 24 rings (SSSR count). The van der Waals surface area contributed by atoms with Crippen LogP contribution >= 0.6 is 0 Å². The highest BCUT2D eigenvalue weighted by atomic mass is 14.9. The molecule has 11 nitrogen and oxygen atoms in total. The summed E-state index contributed by atoms with van der Waals surface area (Å²) in [6.07, 6.45) is 3.82. The van der Waals surface area contributed by atoms with Crippen LogP contribution in [0.25, 0.3) is 233 Å². The minimum absolute atomic E-state index is 0.664. The van der Waals surface area contributed by atoms with E-state index < -0.39 is 0 Å². The van der Waals surface area contributed by atoms with Crippen molar-refractivity contribution in [1.29, 1.82) is 0 Å². The van der Waals surface area contributed by atoms with E-state index in [1.54, 1.807) is 0 Å². The number of para-hydroxylation sites is 2. The molecule has 142 heavy (non-hydrogen) atoms. The molecule has 0 atom stereocenters. The second-order valence-electron chi connectivity index (χ2n) is 37.2. The number of aromatic nitrogens is 11. The molecule has 0 radical (unpaired) electrons. The molecule has 9 aromatic heterocycles. The fourth-order valence-electron chi connectivity index (χ4n) is 20.0. The number of aryl methyl sites for hydroxylation is 10. The van der Waals surface area contributed by atoms with E-state index in [9.17, 15) is 0 Å². The maximum atomic E-state index is 5.54. The zero-order valence-corrected chi connectivity index (χ0v) is 80.8. The van der Waals surface area contributed by atoms with Gasteiger partial charge in [-0.15, -0.1) is 0 Å². The molecule has 0 aliphatic carbocycles. The molecular weight excluding hydrogens is 1730 g/mol. The van der Waals surface area contributed by atoms with Gasteiger partial charge >= 0.3 is 0 Å². The van der Waals surface area contributed by atoms with E-state index in [0.29, 0.717) is 11.6 Å². The molecule has 0 bridgehead atoms. The fourth-order valence-corrected chi connectivity index (χ4v) is 20.0. The van der Waals surface area contributed by atoms with Crippen molar-refractivity contribution in [3.05, 3.63) is 475 Å². The molecule has 9 heterocycles. The quantitative estimate of drug-likeness (QED) is 0.0968. The SMILES string of the molecule is Cc1cc(C)nc(-c2cc(-c3cc(C)cc(C)n3)cc(-c3nc(-c4ccccc4)cc(-c4ccccc4)n3)c2)c1.Cc1cc(C)nc(-c2cc(-c3cc(C)nc(C)c3)cc(-c3cc(-c4cccc5ccccc45)nc(-c4cccc5ccccc45)n3)c2)c1.Cc1ccc2c(-c3cc(-c4cc(-c5ccnc6ccccc56)cc(-c5ccnc6ccccc56)c4)nc(-c4cccc5cc(C)ccc45)c3)cccc2c1. The lowest BCUT2D eigenvalue weighted by molar-refractivity contribution is 1.12. The van der Waals surface area contributed by atoms with Crippen LogP contribution in [0.15, 0.2) is 419 Å². The Labute approximate surface area is 827 Å². The minimum atomic E-state index is 0.664. The Morgan fingerprint density at radius 3 is 0.944 bits per heavy atom. The van der Waals surface area contributed by atoms with Crippen LogP contribution in [0.2, 0.25) is 0 Å². The molecule has 0 aliphatic heterocycles. The molecule has 678 valence electrons. The summed E-state index contributed by atoms with van der Waals surface area (Å²) in [5, 5.41) is 11.7. The van der Waals surface area contributed by atoms with Gasteiger partial charge in [0.1, 0.15) is 0 Å². The predicted octanol–water partition coefficient (Wildman–Crippen LogP) is 33.4. The number of fused-ring (bicyclic) bond motifs is 6. The first-order chi connectivity index (χ1) is 69.3. The van der Waals surface area contributed by atoms with Gasteiger partial charge in [-0.1, -0.05) is 266 Å². The predicted molar refractivity (Wildman–Crippen MR) is 589 cm³/mol. The van der Waals surface area contributed by atoms with Gasteiger partial charge in [-0.05, 0) is 325 Å². The third kappa shape index (κ3) is 18.9. The number of nitrogens with zero attached hydrogens (tertiary/aromatic N) is 11. The maximum absolute atomic E-state index is 5.54. The van der Waals surface area contributed by atoms with E-state index in [4.69, 9.17) is 49.8 Å². The zero-order valence-electron chi connectivity index (χ0n) is 80.8. The van der Waals surface area contributed by atoms with Crippen molar-refractivity contribution >= 4 is 64.9 Å². The molecule has 15 aromatic carbocycles. The van der Waals surface area contributed by atoms with Crippen LogP contribution in [-0.4, -0.2) is 54.8 Å². The zero-order chi connectivity index (χ0) is 96.6. The topological polar surface area (TPSA) is 142 Å². The molecule has 0 aliphatic rings. The molecule has 0 saturated heterocycles. The van der Waals surface area contributed by atoms with Gasteiger partial charge in [0.2, 0.25) is 0 Å². The van der Waals surface area contributed by atoms with Gasteiger partial charge in [0, 0.05) is 113 Å². The van der Waals surface area contributed by atoms with Gasteiger partial charge < -0.3 is 0 Å². The lowest BCUT2D eigenvalue weighted by Crippen LogP contribution is -1.98. The highest BCUT2D eigenvalue weighted by Gasteiger charge is 2.23. The van der Waals surface area contributed by atoms with E-state index in [1.807, 2.05) is 95.5 Å². The van der Waals surface area contributed by atoms with E-state index in [1.165, 1.54) is 60.3 Å². The van der Waals surface area contributed by atoms with E-state index in [0.717, 1.165) is 218 Å². The largest absolute Gasteiger partial charge is 0.258 e. The third-order valence-electron chi connectivity index (χ3n) is 26.3. The monoisotopic (exact) mass is 1830 g/mol. The summed E-state index contributed by atoms with van der Waals surface area (Å²) in [6.45, 7) is 20.8. The van der Waals surface area contributed by atoms with Crippen LogP contribution < -0.4 is 0 Å². The maximum Gasteiger partial charge on any atom is 0.161 e. The summed E-state index contributed by atoms with van der Waals surface area (Å²) >= 11 is 0. The van der Waals surface area contributed by atoms with Gasteiger partial charge in [0.25, 0.3) is 0 Å². The first-order valence-corrected chi connectivity index (χ1v) is 48.2. The van der Waals surface area contributed by atoms with Gasteiger partial charge in [-0.3, -0.25) is 29.9 Å². The molecule has 24 aromatic rings. The summed E-state index contributed by atoms with van der Waals surface area (Å²) in [5.74, 6) is 1.36. The second kappa shape index (κ2) is 38.6. The summed E-state index contributed by atoms with van der Waals surface area (Å²) in [6, 6.07) is 144. The van der Waals surface area contributed by atoms with Crippen molar-refractivity contribution in [2.45, 2.75) is 69.2 Å². The van der Waals surface area contributed by atoms with Crippen molar-refractivity contribution < 1.29 is 0 Å². The third-order valence-corrected chi connectivity index (χ3v) is 26.3. The Balaban J connectivity index is 0.000000123. The fraction of sp³-hybridized carbons (Fsp3) is 0.0763. The summed E-state index contributed by atoms with van der Waals surface area (Å²) in [5.41, 5.74) is 41.3. The number of pyridine rings is 7. The second-order valence-corrected chi connectivity index (χ2v) is 37.2. The standard InChI is InChI=1S/C51H35N3.C44H34N4.C36H30N4/c1-32-17-19-41-34(25-32)9-7-13-40(41)38-30-50(54-51(31-38)47-14-8-10-35-26-33(2)18-20-42(35)47)39-28-36(43-21-23-52-48-15-5-3-11-45(43)48)27-37(29-39)44-22-24-53-49-16-6-4-12-46(44)49;1-27-19-28(2)46-41(20-27)35-23-34(33-21-29(3)45-30(4)22-33)24-36(25-35)42-26-43(39-17-9-13-31-11-5-7-15-37(31)39)48-44(47-42)40-18-10-14-32-12-6-8-16-38(32)40;1-23-15-25(3)37-32(17-23)29-19-30(33-18-24(2)16-26(4)38-33)21-31(20-29)36-39-34(27-11-7-5-8-12-27)22-35(40-36)28-13-9-6-10-14-28/h3-31H,1-2H3;5-26H,1-4H3;5-22H,1-4H3. The first kappa shape index (κ1) is 89.3. The van der Waals surface area contributed by atoms with Gasteiger partial charge in [-0.25, -0.2) is 24.9 Å². The van der Waals surface area contributed by atoms with Crippen LogP contribution in [0.4, 0.5) is 0 Å². The Kier molecular flexibility index (Phi) is 24.2. The molecule has 0 N–H and O–H groups in total. The van der Waals surface area contributed by atoms with E-state index in [-0.39, 0.29) is 0 Å². The summed E-state index contributed by atoms with van der Waals surface area (Å²) in [7, 11) is 0. The van der Waals surface area contributed by atoms with Gasteiger partial charge in [0.15, 0.2) is 11.6 Å². The highest BCUT2D eigenvalue weighted by Crippen LogP contribution is 2.45. The van der Waals surface area contributed by atoms with E-state index >= 15 is 0 Å². The molecule has 0 fully saturated rings. The lowest BCUT2D eigenvalue weighted by Gasteiger charge is -2.16. The molecular formula is C131H99N11. The molecule has 0 amide bonds. The average Bonchev–Trinajstić information content (AvgIpc) is 0.762. The Bertz CT molecular complexity index is 8460. The van der Waals surface area contributed by atoms with Crippen molar-refractivity contribution in [2.24, 2.45) is 0 Å². The van der Waals surface area contributed by atoms with Crippen LogP contribution in [-0.2, 0) is 0 Å². The van der Waals surface area contributed by atoms with E-state index in [2.05, 4.69) is 398 Å². The molecule has 0 unspecified atom stereocenters. The van der Waals surface area contributed by atoms with Crippen LogP contribution in [0.1, 0.15) is 56.3 Å². The normalized spacial score (nSPS) is 11.3. The van der Waals surface area contributed by atoms with Gasteiger partial charge in [0.05, 0.1) is 62.3 Å². The smallest absolute Gasteiger partial charge is 0.161 e. The minimum Gasteiger partial charge on any atom is -0.258 e.